The van der Waals surface area contributed by atoms with Crippen molar-refractivity contribution in [1.29, 1.82) is 0 Å². The van der Waals surface area contributed by atoms with Crippen LogP contribution in [0, 0.1) is 0 Å². The van der Waals surface area contributed by atoms with Crippen LogP contribution in [0.1, 0.15) is 30.9 Å². The number of aliphatic hydroxyl groups is 1. The number of hydrogen-bond acceptors (Lipinski definition) is 2. The summed E-state index contributed by atoms with van der Waals surface area (Å²) in [5, 5.41) is 10.1. The number of fused-ring (bicyclic) bond motifs is 1. The first-order chi connectivity index (χ1) is 7.67. The summed E-state index contributed by atoms with van der Waals surface area (Å²) in [6, 6.07) is 9.05. The van der Waals surface area contributed by atoms with Gasteiger partial charge in [-0.2, -0.15) is 0 Å². The monoisotopic (exact) mass is 217 g/mol. The average molecular weight is 217 g/mol. The number of rotatable bonds is 1. The van der Waals surface area contributed by atoms with Gasteiger partial charge in [-0.3, -0.25) is 4.90 Å². The van der Waals surface area contributed by atoms with Crippen molar-refractivity contribution < 1.29 is 5.11 Å². The molecule has 86 valence electrons. The highest BCUT2D eigenvalue weighted by atomic mass is 16.3. The van der Waals surface area contributed by atoms with Crippen molar-refractivity contribution in [1.82, 2.24) is 4.90 Å². The predicted octanol–water partition coefficient (Wildman–Crippen LogP) is 1.96. The van der Waals surface area contributed by atoms with Gasteiger partial charge in [0.25, 0.3) is 0 Å². The zero-order valence-electron chi connectivity index (χ0n) is 9.82. The highest BCUT2D eigenvalue weighted by Crippen LogP contribution is 2.37. The van der Waals surface area contributed by atoms with Gasteiger partial charge >= 0.3 is 0 Å². The molecule has 1 saturated carbocycles. The molecule has 0 aromatic heterocycles. The van der Waals surface area contributed by atoms with E-state index in [1.807, 2.05) is 6.92 Å². The standard InChI is InChI=1S/C14H19NO/c1-14(16)8-6-13(14)15-9-7-11-4-2-3-5-12(11)10-15/h2-5,13,16H,6-10H2,1H3/t13-,14-/m0/s1. The summed E-state index contributed by atoms with van der Waals surface area (Å²) >= 11 is 0. The minimum Gasteiger partial charge on any atom is -0.389 e. The van der Waals surface area contributed by atoms with Crippen molar-refractivity contribution in [3.63, 3.8) is 0 Å². The van der Waals surface area contributed by atoms with E-state index in [-0.39, 0.29) is 0 Å². The molecular formula is C14H19NO. The Hall–Kier alpha value is -0.860. The first-order valence-electron chi connectivity index (χ1n) is 6.20. The molecule has 0 saturated heterocycles. The predicted molar refractivity (Wildman–Crippen MR) is 64.2 cm³/mol. The lowest BCUT2D eigenvalue weighted by Gasteiger charge is -2.50. The van der Waals surface area contributed by atoms with Crippen LogP contribution in [0.4, 0.5) is 0 Å². The van der Waals surface area contributed by atoms with Crippen LogP contribution in [0.25, 0.3) is 0 Å². The van der Waals surface area contributed by atoms with Gasteiger partial charge in [-0.05, 0) is 37.3 Å². The number of hydrogen-bond donors (Lipinski definition) is 1. The summed E-state index contributed by atoms with van der Waals surface area (Å²) < 4.78 is 0. The van der Waals surface area contributed by atoms with Crippen molar-refractivity contribution in [3.05, 3.63) is 35.4 Å². The van der Waals surface area contributed by atoms with Crippen LogP contribution < -0.4 is 0 Å². The quantitative estimate of drug-likeness (QED) is 0.777. The van der Waals surface area contributed by atoms with Crippen LogP contribution in [0.15, 0.2) is 24.3 Å². The third-order valence-corrected chi connectivity index (χ3v) is 4.24. The molecule has 0 radical (unpaired) electrons. The Labute approximate surface area is 96.9 Å². The Balaban J connectivity index is 1.78. The van der Waals surface area contributed by atoms with E-state index in [9.17, 15) is 5.11 Å². The second kappa shape index (κ2) is 3.57. The second-order valence-electron chi connectivity index (χ2n) is 5.40. The molecule has 3 rings (SSSR count). The van der Waals surface area contributed by atoms with Crippen molar-refractivity contribution in [2.45, 2.75) is 44.4 Å². The molecule has 1 aromatic rings. The fourth-order valence-corrected chi connectivity index (χ4v) is 3.05. The molecule has 1 heterocycles. The molecule has 1 fully saturated rings. The zero-order chi connectivity index (χ0) is 11.2. The van der Waals surface area contributed by atoms with Gasteiger partial charge in [0.05, 0.1) is 5.60 Å². The van der Waals surface area contributed by atoms with Gasteiger partial charge in [0.2, 0.25) is 0 Å². The molecule has 0 unspecified atom stereocenters. The lowest BCUT2D eigenvalue weighted by molar-refractivity contribution is -0.107. The van der Waals surface area contributed by atoms with E-state index < -0.39 is 5.60 Å². The van der Waals surface area contributed by atoms with E-state index in [0.717, 1.165) is 32.4 Å². The Kier molecular flexibility index (Phi) is 2.30. The topological polar surface area (TPSA) is 23.5 Å². The molecule has 0 bridgehead atoms. The summed E-state index contributed by atoms with van der Waals surface area (Å²) in [6.45, 7) is 4.08. The van der Waals surface area contributed by atoms with Crippen molar-refractivity contribution in [3.8, 4) is 0 Å². The molecule has 0 spiro atoms. The molecule has 2 aliphatic rings. The maximum absolute atomic E-state index is 10.1. The van der Waals surface area contributed by atoms with Crippen LogP contribution in [-0.4, -0.2) is 28.2 Å². The summed E-state index contributed by atoms with van der Waals surface area (Å²) in [4.78, 5) is 2.45. The molecule has 2 nitrogen and oxygen atoms in total. The van der Waals surface area contributed by atoms with Crippen molar-refractivity contribution in [2.24, 2.45) is 0 Å². The molecule has 0 amide bonds. The average Bonchev–Trinajstić information content (AvgIpc) is 2.28. The Morgan fingerprint density at radius 3 is 2.69 bits per heavy atom. The highest BCUT2D eigenvalue weighted by Gasteiger charge is 2.44. The van der Waals surface area contributed by atoms with Crippen molar-refractivity contribution in [2.75, 3.05) is 6.54 Å². The summed E-state index contributed by atoms with van der Waals surface area (Å²) in [5.41, 5.74) is 2.47. The maximum Gasteiger partial charge on any atom is 0.0775 e. The smallest absolute Gasteiger partial charge is 0.0775 e. The number of nitrogens with zero attached hydrogens (tertiary/aromatic N) is 1. The summed E-state index contributed by atoms with van der Waals surface area (Å²) in [5.74, 6) is 0. The Morgan fingerprint density at radius 2 is 2.06 bits per heavy atom. The number of benzene rings is 1. The molecule has 1 aliphatic carbocycles. The first kappa shape index (κ1) is 10.3. The largest absolute Gasteiger partial charge is 0.389 e. The molecule has 2 heteroatoms. The van der Waals surface area contributed by atoms with Gasteiger partial charge < -0.3 is 5.11 Å². The van der Waals surface area contributed by atoms with Gasteiger partial charge in [-0.1, -0.05) is 24.3 Å². The molecular weight excluding hydrogens is 198 g/mol. The second-order valence-corrected chi connectivity index (χ2v) is 5.40. The van der Waals surface area contributed by atoms with Gasteiger partial charge in [-0.25, -0.2) is 0 Å². The van der Waals surface area contributed by atoms with Gasteiger partial charge in [0.1, 0.15) is 0 Å². The van der Waals surface area contributed by atoms with E-state index >= 15 is 0 Å². The first-order valence-corrected chi connectivity index (χ1v) is 6.20. The SMILES string of the molecule is C[C@]1(O)CC[C@@H]1N1CCc2ccccc2C1. The third-order valence-electron chi connectivity index (χ3n) is 4.24. The van der Waals surface area contributed by atoms with Crippen LogP contribution >= 0.6 is 0 Å². The van der Waals surface area contributed by atoms with E-state index in [1.54, 1.807) is 0 Å². The van der Waals surface area contributed by atoms with Crippen LogP contribution in [-0.2, 0) is 13.0 Å². The van der Waals surface area contributed by atoms with Gasteiger partial charge in [0, 0.05) is 19.1 Å². The fourth-order valence-electron chi connectivity index (χ4n) is 3.05. The normalized spacial score (nSPS) is 34.2. The van der Waals surface area contributed by atoms with Crippen LogP contribution in [0.3, 0.4) is 0 Å². The summed E-state index contributed by atoms with van der Waals surface area (Å²) in [6.07, 6.45) is 3.23. The fraction of sp³-hybridized carbons (Fsp3) is 0.571. The molecule has 2 atom stereocenters. The Bertz CT molecular complexity index is 399. The lowest BCUT2D eigenvalue weighted by atomic mass is 9.74. The van der Waals surface area contributed by atoms with Crippen LogP contribution in [0.2, 0.25) is 0 Å². The van der Waals surface area contributed by atoms with Crippen LogP contribution in [0.5, 0.6) is 0 Å². The third kappa shape index (κ3) is 1.57. The van der Waals surface area contributed by atoms with Crippen molar-refractivity contribution >= 4 is 0 Å². The zero-order valence-corrected chi connectivity index (χ0v) is 9.82. The van der Waals surface area contributed by atoms with E-state index in [0.29, 0.717) is 6.04 Å². The molecule has 16 heavy (non-hydrogen) atoms. The van der Waals surface area contributed by atoms with E-state index in [2.05, 4.69) is 29.2 Å². The van der Waals surface area contributed by atoms with E-state index in [1.165, 1.54) is 11.1 Å². The molecule has 1 aromatic carbocycles. The van der Waals surface area contributed by atoms with Gasteiger partial charge in [0.15, 0.2) is 0 Å². The minimum absolute atomic E-state index is 0.376. The highest BCUT2D eigenvalue weighted by molar-refractivity contribution is 5.29. The summed E-state index contributed by atoms with van der Waals surface area (Å²) in [7, 11) is 0. The Morgan fingerprint density at radius 1 is 1.31 bits per heavy atom. The maximum atomic E-state index is 10.1. The minimum atomic E-state index is -0.452. The molecule has 1 aliphatic heterocycles. The lowest BCUT2D eigenvalue weighted by Crippen LogP contribution is -2.59. The van der Waals surface area contributed by atoms with E-state index in [4.69, 9.17) is 0 Å². The van der Waals surface area contributed by atoms with Gasteiger partial charge in [-0.15, -0.1) is 0 Å². The molecule has 1 N–H and O–H groups in total.